The Morgan fingerprint density at radius 3 is 2.65 bits per heavy atom. The summed E-state index contributed by atoms with van der Waals surface area (Å²) in [5.74, 6) is -0.635. The highest BCUT2D eigenvalue weighted by Gasteiger charge is 2.28. The normalized spacial score (nSPS) is 13.7. The largest absolute Gasteiger partial charge is 0.467 e. The Morgan fingerprint density at radius 1 is 1.30 bits per heavy atom. The Balaban J connectivity index is 2.09. The fourth-order valence-electron chi connectivity index (χ4n) is 1.92. The molecule has 2 rings (SSSR count). The van der Waals surface area contributed by atoms with E-state index in [1.165, 1.54) is 18.4 Å². The second-order valence-corrected chi connectivity index (χ2v) is 5.31. The predicted molar refractivity (Wildman–Crippen MR) is 78.4 cm³/mol. The molecule has 0 bridgehead atoms. The van der Waals surface area contributed by atoms with Crippen molar-refractivity contribution in [2.24, 2.45) is 0 Å². The zero-order valence-electron chi connectivity index (χ0n) is 11.2. The second kappa shape index (κ2) is 7.19. The van der Waals surface area contributed by atoms with Crippen molar-refractivity contribution < 1.29 is 14.6 Å². The molecule has 106 valence electrons. The van der Waals surface area contributed by atoms with Crippen LogP contribution in [0.25, 0.3) is 0 Å². The molecular weight excluding hydrogens is 274 g/mol. The monoisotopic (exact) mass is 291 g/mol. The summed E-state index contributed by atoms with van der Waals surface area (Å²) in [6, 6.07) is 13.1. The molecule has 0 aliphatic heterocycles. The highest BCUT2D eigenvalue weighted by molar-refractivity contribution is 7.10. The molecule has 5 heteroatoms. The van der Waals surface area contributed by atoms with Crippen molar-refractivity contribution in [3.63, 3.8) is 0 Å². The van der Waals surface area contributed by atoms with Gasteiger partial charge >= 0.3 is 5.97 Å². The molecule has 0 aliphatic rings. The van der Waals surface area contributed by atoms with E-state index in [1.54, 1.807) is 0 Å². The van der Waals surface area contributed by atoms with Crippen LogP contribution in [0.1, 0.15) is 16.5 Å². The van der Waals surface area contributed by atoms with Crippen LogP contribution < -0.4 is 5.32 Å². The Morgan fingerprint density at radius 2 is 2.05 bits per heavy atom. The van der Waals surface area contributed by atoms with Crippen LogP contribution in [0.3, 0.4) is 0 Å². The van der Waals surface area contributed by atoms with Gasteiger partial charge < -0.3 is 15.2 Å². The third kappa shape index (κ3) is 3.66. The Hall–Kier alpha value is -1.69. The minimum atomic E-state index is -1.22. The lowest BCUT2D eigenvalue weighted by Crippen LogP contribution is -2.37. The first kappa shape index (κ1) is 14.7. The van der Waals surface area contributed by atoms with Crippen molar-refractivity contribution in [1.29, 1.82) is 0 Å². The van der Waals surface area contributed by atoms with E-state index >= 15 is 0 Å². The number of thiophene rings is 1. The van der Waals surface area contributed by atoms with Gasteiger partial charge in [-0.25, -0.2) is 4.79 Å². The summed E-state index contributed by atoms with van der Waals surface area (Å²) in [4.78, 5) is 12.5. The van der Waals surface area contributed by atoms with Crippen molar-refractivity contribution >= 4 is 17.3 Å². The standard InChI is InChI=1S/C15H17NO3S/c1-19-15(18)14(17)13(12-8-5-9-20-12)16-10-11-6-3-2-4-7-11/h2-9,13-14,16-17H,10H2,1H3/t13-,14+/m0/s1. The number of carbonyl (C=O) groups is 1. The summed E-state index contributed by atoms with van der Waals surface area (Å²) >= 11 is 1.49. The molecule has 0 radical (unpaired) electrons. The number of rotatable bonds is 6. The van der Waals surface area contributed by atoms with Crippen molar-refractivity contribution in [3.8, 4) is 0 Å². The maximum absolute atomic E-state index is 11.6. The van der Waals surface area contributed by atoms with E-state index in [1.807, 2.05) is 47.8 Å². The van der Waals surface area contributed by atoms with E-state index in [-0.39, 0.29) is 0 Å². The first-order chi connectivity index (χ1) is 9.72. The van der Waals surface area contributed by atoms with E-state index < -0.39 is 18.1 Å². The Kier molecular flexibility index (Phi) is 5.29. The van der Waals surface area contributed by atoms with E-state index in [0.717, 1.165) is 10.4 Å². The maximum Gasteiger partial charge on any atom is 0.336 e. The molecule has 0 fully saturated rings. The molecule has 4 nitrogen and oxygen atoms in total. The molecule has 2 N–H and O–H groups in total. The van der Waals surface area contributed by atoms with E-state index in [4.69, 9.17) is 0 Å². The van der Waals surface area contributed by atoms with Crippen LogP contribution in [0.4, 0.5) is 0 Å². The summed E-state index contributed by atoms with van der Waals surface area (Å²) in [7, 11) is 1.27. The number of nitrogens with one attached hydrogen (secondary N) is 1. The molecule has 0 amide bonds. The van der Waals surface area contributed by atoms with Crippen LogP contribution in [0.2, 0.25) is 0 Å². The number of hydrogen-bond acceptors (Lipinski definition) is 5. The van der Waals surface area contributed by atoms with Crippen molar-refractivity contribution in [2.75, 3.05) is 7.11 Å². The third-order valence-electron chi connectivity index (χ3n) is 2.98. The van der Waals surface area contributed by atoms with E-state index in [9.17, 15) is 9.90 Å². The van der Waals surface area contributed by atoms with Crippen molar-refractivity contribution in [1.82, 2.24) is 5.32 Å². The third-order valence-corrected chi connectivity index (χ3v) is 3.93. The summed E-state index contributed by atoms with van der Waals surface area (Å²) in [5.41, 5.74) is 1.09. The molecule has 0 saturated heterocycles. The molecule has 0 unspecified atom stereocenters. The molecule has 2 aromatic rings. The highest BCUT2D eigenvalue weighted by Crippen LogP contribution is 2.23. The molecule has 0 saturated carbocycles. The van der Waals surface area contributed by atoms with Gasteiger partial charge in [0.15, 0.2) is 6.10 Å². The molecule has 2 atom stereocenters. The lowest BCUT2D eigenvalue weighted by Gasteiger charge is -2.21. The first-order valence-corrected chi connectivity index (χ1v) is 7.17. The summed E-state index contributed by atoms with van der Waals surface area (Å²) in [5, 5.41) is 15.2. The van der Waals surface area contributed by atoms with Crippen LogP contribution in [-0.4, -0.2) is 24.3 Å². The first-order valence-electron chi connectivity index (χ1n) is 6.29. The summed E-state index contributed by atoms with van der Waals surface area (Å²) < 4.78 is 4.62. The van der Waals surface area contributed by atoms with Gasteiger partial charge in [0.1, 0.15) is 0 Å². The van der Waals surface area contributed by atoms with Crippen molar-refractivity contribution in [2.45, 2.75) is 18.7 Å². The number of carbonyl (C=O) groups excluding carboxylic acids is 1. The number of aliphatic hydroxyl groups excluding tert-OH is 1. The quantitative estimate of drug-likeness (QED) is 0.800. The Labute approximate surface area is 122 Å². The maximum atomic E-state index is 11.6. The number of aliphatic hydroxyl groups is 1. The highest BCUT2D eigenvalue weighted by atomic mass is 32.1. The molecule has 1 aromatic carbocycles. The van der Waals surface area contributed by atoms with Crippen LogP contribution in [0, 0.1) is 0 Å². The van der Waals surface area contributed by atoms with Gasteiger partial charge in [-0.3, -0.25) is 0 Å². The molecule has 1 heterocycles. The van der Waals surface area contributed by atoms with E-state index in [2.05, 4.69) is 10.1 Å². The minimum absolute atomic E-state index is 0.470. The lowest BCUT2D eigenvalue weighted by molar-refractivity contribution is -0.152. The zero-order chi connectivity index (χ0) is 14.4. The SMILES string of the molecule is COC(=O)[C@H](O)[C@@H](NCc1ccccc1)c1cccs1. The fraction of sp³-hybridized carbons (Fsp3) is 0.267. The number of methoxy groups -OCH3 is 1. The lowest BCUT2D eigenvalue weighted by atomic mass is 10.1. The smallest absolute Gasteiger partial charge is 0.336 e. The number of benzene rings is 1. The molecule has 20 heavy (non-hydrogen) atoms. The zero-order valence-corrected chi connectivity index (χ0v) is 12.0. The van der Waals surface area contributed by atoms with Crippen molar-refractivity contribution in [3.05, 3.63) is 58.3 Å². The Bertz CT molecular complexity index is 527. The van der Waals surface area contributed by atoms with Gasteiger partial charge in [-0.15, -0.1) is 11.3 Å². The van der Waals surface area contributed by atoms with Crippen LogP contribution in [0.5, 0.6) is 0 Å². The number of ether oxygens (including phenoxy) is 1. The molecular formula is C15H17NO3S. The average molecular weight is 291 g/mol. The number of hydrogen-bond donors (Lipinski definition) is 2. The van der Waals surface area contributed by atoms with Gasteiger partial charge in [0.2, 0.25) is 0 Å². The van der Waals surface area contributed by atoms with Gasteiger partial charge in [0.05, 0.1) is 13.2 Å². The van der Waals surface area contributed by atoms with Crippen LogP contribution in [0.15, 0.2) is 47.8 Å². The topological polar surface area (TPSA) is 58.6 Å². The molecule has 1 aromatic heterocycles. The summed E-state index contributed by atoms with van der Waals surface area (Å²) in [6.07, 6.45) is -1.22. The van der Waals surface area contributed by atoms with Crippen LogP contribution >= 0.6 is 11.3 Å². The average Bonchev–Trinajstić information content (AvgIpc) is 3.01. The molecule has 0 aliphatic carbocycles. The van der Waals surface area contributed by atoms with Gasteiger partial charge in [-0.2, -0.15) is 0 Å². The second-order valence-electron chi connectivity index (χ2n) is 4.33. The molecule has 0 spiro atoms. The number of esters is 1. The van der Waals surface area contributed by atoms with Gasteiger partial charge in [-0.1, -0.05) is 36.4 Å². The van der Waals surface area contributed by atoms with Gasteiger partial charge in [0.25, 0.3) is 0 Å². The fourth-order valence-corrected chi connectivity index (χ4v) is 2.75. The van der Waals surface area contributed by atoms with E-state index in [0.29, 0.717) is 6.54 Å². The minimum Gasteiger partial charge on any atom is -0.467 e. The van der Waals surface area contributed by atoms with Gasteiger partial charge in [0, 0.05) is 11.4 Å². The van der Waals surface area contributed by atoms with Gasteiger partial charge in [-0.05, 0) is 17.0 Å². The summed E-state index contributed by atoms with van der Waals surface area (Å²) in [6.45, 7) is 0.567. The predicted octanol–water partition coefficient (Wildman–Crippen LogP) is 2.11. The van der Waals surface area contributed by atoms with Crippen LogP contribution in [-0.2, 0) is 16.1 Å².